The van der Waals surface area contributed by atoms with Crippen molar-refractivity contribution in [2.45, 2.75) is 123 Å². The van der Waals surface area contributed by atoms with Crippen molar-refractivity contribution in [1.29, 1.82) is 5.26 Å². The lowest BCUT2D eigenvalue weighted by atomic mass is 9.82. The van der Waals surface area contributed by atoms with Crippen molar-refractivity contribution < 1.29 is 24.3 Å². The first-order valence-corrected chi connectivity index (χ1v) is 25.3. The number of carbonyl (C=O) groups is 4. The van der Waals surface area contributed by atoms with E-state index in [1.807, 2.05) is 89.6 Å². The Labute approximate surface area is 415 Å². The highest BCUT2D eigenvalue weighted by Crippen LogP contribution is 2.39. The van der Waals surface area contributed by atoms with Crippen LogP contribution in [-0.2, 0) is 19.2 Å². The second-order valence-electron chi connectivity index (χ2n) is 20.2. The third kappa shape index (κ3) is 10.7. The van der Waals surface area contributed by atoms with Crippen LogP contribution in [0.5, 0.6) is 0 Å². The number of aliphatic hydroxyl groups is 1. The highest BCUT2D eigenvalue weighted by Gasteiger charge is 2.46. The Morgan fingerprint density at radius 2 is 1.70 bits per heavy atom. The van der Waals surface area contributed by atoms with Crippen molar-refractivity contribution in [1.82, 2.24) is 50.6 Å². The zero-order valence-corrected chi connectivity index (χ0v) is 42.4. The van der Waals surface area contributed by atoms with E-state index >= 15 is 0 Å². The minimum Gasteiger partial charge on any atom is -0.391 e. The van der Waals surface area contributed by atoms with Gasteiger partial charge in [0, 0.05) is 50.3 Å². The van der Waals surface area contributed by atoms with E-state index in [4.69, 9.17) is 4.98 Å². The first kappa shape index (κ1) is 49.8. The number of benzene rings is 1. The Morgan fingerprint density at radius 3 is 2.37 bits per heavy atom. The number of nitrogens with one attached hydrogen (secondary N) is 4. The van der Waals surface area contributed by atoms with Gasteiger partial charge in [-0.15, -0.1) is 21.5 Å². The number of thiazole rings is 1. The molecule has 4 atom stereocenters. The van der Waals surface area contributed by atoms with Gasteiger partial charge in [0.25, 0.3) is 0 Å². The van der Waals surface area contributed by atoms with Crippen molar-refractivity contribution >= 4 is 57.5 Å². The number of rotatable bonds is 14. The molecule has 8 rings (SSSR count). The van der Waals surface area contributed by atoms with E-state index in [0.29, 0.717) is 11.3 Å². The standard InChI is InChI=1S/C51H60N12O5S2/c1-28(31-9-11-32(12-10-31)43-29(2)55-27-69-43)57-45(66)41-20-36(64)26-62(41)48(67)44(50(3,4)5)59-49(68)51(6,7)22-42(65)58-34-15-13-33(14-16-34)46-60-61-47(70-46)37-25-54-39(21-38(37)53-8)40-18-17-35-19-30(23-52)24-56-63(35)40/h9-12,17-19,21,24-25,27-28,33-34,36,41,44,64H,13-16,20,22,26H2,1-8H3,(H,53,54)(H,57,66)(H,58,65)(H,59,68)/t28-,33?,34?,36+,41-,44+/m0/s1. The summed E-state index contributed by atoms with van der Waals surface area (Å²) in [6, 6.07) is 15.2. The number of fused-ring (bicyclic) bond motifs is 1. The molecule has 1 saturated heterocycles. The molecule has 5 aromatic heterocycles. The SMILES string of the molecule is CNc1cc(-c2ccc3cc(C#N)cnn23)ncc1-c1nnc(C2CCC(NC(=O)CC(C)(C)C(=O)N[C@H](C(=O)N3C[C@H](O)C[C@H]3C(=O)N[C@@H](C)c3ccc(-c4scnc4C)cc3)C(C)(C)C)CC2)s1. The summed E-state index contributed by atoms with van der Waals surface area (Å²) in [4.78, 5) is 67.3. The van der Waals surface area contributed by atoms with Crippen LogP contribution >= 0.6 is 22.7 Å². The Kier molecular flexibility index (Phi) is 14.5. The summed E-state index contributed by atoms with van der Waals surface area (Å²) in [5, 5.41) is 47.7. The number of nitriles is 1. The number of β-amino-alcohol motifs (C(OH)–C–C–N with tert-alkyl or cyclic N) is 1. The van der Waals surface area contributed by atoms with Gasteiger partial charge in [-0.1, -0.05) is 70.2 Å². The predicted octanol–water partition coefficient (Wildman–Crippen LogP) is 7.19. The second-order valence-corrected chi connectivity index (χ2v) is 22.1. The van der Waals surface area contributed by atoms with E-state index in [1.54, 1.807) is 42.0 Å². The zero-order valence-electron chi connectivity index (χ0n) is 40.7. The maximum absolute atomic E-state index is 14.4. The predicted molar refractivity (Wildman–Crippen MR) is 269 cm³/mol. The lowest BCUT2D eigenvalue weighted by molar-refractivity contribution is -0.146. The van der Waals surface area contributed by atoms with E-state index in [9.17, 15) is 29.5 Å². The molecule has 366 valence electrons. The molecule has 0 spiro atoms. The molecular weight excluding hydrogens is 925 g/mol. The smallest absolute Gasteiger partial charge is 0.246 e. The summed E-state index contributed by atoms with van der Waals surface area (Å²) in [6.45, 7) is 12.7. The van der Waals surface area contributed by atoms with Crippen LogP contribution in [0.3, 0.4) is 0 Å². The van der Waals surface area contributed by atoms with Gasteiger partial charge in [0.05, 0.1) is 67.9 Å². The molecule has 0 bridgehead atoms. The number of nitrogens with zero attached hydrogens (tertiary/aromatic N) is 8. The number of aryl methyl sites for hydroxylation is 1. The maximum Gasteiger partial charge on any atom is 0.246 e. The van der Waals surface area contributed by atoms with Crippen LogP contribution in [0.15, 0.2) is 66.4 Å². The molecule has 2 fully saturated rings. The van der Waals surface area contributed by atoms with E-state index in [1.165, 1.54) is 22.4 Å². The van der Waals surface area contributed by atoms with Crippen LogP contribution in [0.2, 0.25) is 0 Å². The number of hydrogen-bond acceptors (Lipinski definition) is 14. The fraction of sp³-hybridized carbons (Fsp3) is 0.451. The molecule has 0 unspecified atom stereocenters. The maximum atomic E-state index is 14.4. The molecule has 0 radical (unpaired) electrons. The number of hydrogen-bond donors (Lipinski definition) is 5. The minimum atomic E-state index is -1.17. The molecule has 6 heterocycles. The first-order valence-electron chi connectivity index (χ1n) is 23.6. The number of amides is 4. The van der Waals surface area contributed by atoms with Gasteiger partial charge in [-0.25, -0.2) is 9.50 Å². The molecule has 70 heavy (non-hydrogen) atoms. The van der Waals surface area contributed by atoms with Crippen LogP contribution < -0.4 is 21.3 Å². The number of anilines is 1. The highest BCUT2D eigenvalue weighted by atomic mass is 32.1. The Bertz CT molecular complexity index is 2940. The fourth-order valence-electron chi connectivity index (χ4n) is 9.32. The number of pyridine rings is 1. The van der Waals surface area contributed by atoms with Crippen LogP contribution in [-0.4, -0.2) is 101 Å². The molecule has 1 aliphatic carbocycles. The molecule has 19 heteroatoms. The lowest BCUT2D eigenvalue weighted by Gasteiger charge is -2.37. The Balaban J connectivity index is 0.837. The molecule has 5 N–H and O–H groups in total. The van der Waals surface area contributed by atoms with Crippen LogP contribution in [0, 0.1) is 29.1 Å². The monoisotopic (exact) mass is 984 g/mol. The normalized spacial score (nSPS) is 19.3. The quantitative estimate of drug-likeness (QED) is 0.0730. The molecule has 17 nitrogen and oxygen atoms in total. The second kappa shape index (κ2) is 20.4. The van der Waals surface area contributed by atoms with Crippen LogP contribution in [0.1, 0.15) is 114 Å². The third-order valence-electron chi connectivity index (χ3n) is 13.4. The third-order valence-corrected chi connectivity index (χ3v) is 15.5. The van der Waals surface area contributed by atoms with E-state index < -0.39 is 40.8 Å². The Hall–Kier alpha value is -6.62. The number of likely N-dealkylation sites (tertiary alicyclic amines) is 1. The van der Waals surface area contributed by atoms with Gasteiger partial charge in [0.2, 0.25) is 23.6 Å². The van der Waals surface area contributed by atoms with Crippen molar-refractivity contribution in [3.05, 3.63) is 88.3 Å². The number of aromatic nitrogens is 6. The van der Waals surface area contributed by atoms with Crippen molar-refractivity contribution in [2.75, 3.05) is 18.9 Å². The molecule has 1 aliphatic heterocycles. The molecular formula is C51H60N12O5S2. The van der Waals surface area contributed by atoms with Crippen molar-refractivity contribution in [2.24, 2.45) is 10.8 Å². The van der Waals surface area contributed by atoms with Gasteiger partial charge in [-0.05, 0) is 80.3 Å². The van der Waals surface area contributed by atoms with Gasteiger partial charge in [-0.2, -0.15) is 10.4 Å². The fourth-order valence-corrected chi connectivity index (χ4v) is 11.2. The molecule has 1 saturated carbocycles. The number of carbonyl (C=O) groups excluding carboxylic acids is 4. The van der Waals surface area contributed by atoms with Gasteiger partial charge < -0.3 is 31.3 Å². The van der Waals surface area contributed by atoms with Crippen molar-refractivity contribution in [3.8, 4) is 38.5 Å². The number of aliphatic hydroxyl groups excluding tert-OH is 1. The average Bonchev–Trinajstić information content (AvgIpc) is 4.17. The van der Waals surface area contributed by atoms with Gasteiger partial charge in [0.15, 0.2) is 5.01 Å². The van der Waals surface area contributed by atoms with Crippen LogP contribution in [0.4, 0.5) is 5.69 Å². The van der Waals surface area contributed by atoms with Gasteiger partial charge in [-0.3, -0.25) is 24.2 Å². The lowest BCUT2D eigenvalue weighted by Crippen LogP contribution is -2.59. The molecule has 6 aromatic rings. The topological polar surface area (TPSA) is 233 Å². The summed E-state index contributed by atoms with van der Waals surface area (Å²) < 4.78 is 1.76. The Morgan fingerprint density at radius 1 is 0.957 bits per heavy atom. The summed E-state index contributed by atoms with van der Waals surface area (Å²) >= 11 is 3.10. The van der Waals surface area contributed by atoms with E-state index in [0.717, 1.165) is 79.9 Å². The zero-order chi connectivity index (χ0) is 50.1. The largest absolute Gasteiger partial charge is 0.391 e. The highest BCUT2D eigenvalue weighted by molar-refractivity contribution is 7.14. The molecule has 4 amide bonds. The minimum absolute atomic E-state index is 0.0492. The summed E-state index contributed by atoms with van der Waals surface area (Å²) in [6.07, 6.45) is 5.46. The van der Waals surface area contributed by atoms with Crippen LogP contribution in [0.25, 0.3) is 37.9 Å². The average molecular weight is 985 g/mol. The summed E-state index contributed by atoms with van der Waals surface area (Å²) in [5.41, 5.74) is 7.21. The van der Waals surface area contributed by atoms with E-state index in [-0.39, 0.29) is 49.2 Å². The van der Waals surface area contributed by atoms with E-state index in [2.05, 4.69) is 47.6 Å². The summed E-state index contributed by atoms with van der Waals surface area (Å²) in [7, 11) is 1.85. The molecule has 1 aromatic carbocycles. The summed E-state index contributed by atoms with van der Waals surface area (Å²) in [5.74, 6) is -1.40. The molecule has 2 aliphatic rings. The van der Waals surface area contributed by atoms with Gasteiger partial charge >= 0.3 is 0 Å². The first-order chi connectivity index (χ1) is 33.3. The van der Waals surface area contributed by atoms with Gasteiger partial charge in [0.1, 0.15) is 23.2 Å². The van der Waals surface area contributed by atoms with Crippen molar-refractivity contribution in [3.63, 3.8) is 0 Å².